The zero-order valence-electron chi connectivity index (χ0n) is 10.7. The van der Waals surface area contributed by atoms with Crippen LogP contribution in [0.3, 0.4) is 0 Å². The van der Waals surface area contributed by atoms with Crippen molar-refractivity contribution in [2.45, 2.75) is 0 Å². The van der Waals surface area contributed by atoms with Crippen LogP contribution in [-0.4, -0.2) is 17.1 Å². The first-order valence-electron chi connectivity index (χ1n) is 5.99. The van der Waals surface area contributed by atoms with Gasteiger partial charge in [-0.15, -0.1) is 0 Å². The van der Waals surface area contributed by atoms with Crippen molar-refractivity contribution in [2.75, 3.05) is 7.11 Å². The summed E-state index contributed by atoms with van der Waals surface area (Å²) in [6.45, 7) is 0. The molecular weight excluding hydrogens is 320 g/mol. The second-order valence-corrected chi connectivity index (χ2v) is 4.95. The molecule has 0 N–H and O–H groups in total. The third kappa shape index (κ3) is 2.44. The van der Waals surface area contributed by atoms with Gasteiger partial charge < -0.3 is 9.15 Å². The van der Waals surface area contributed by atoms with Crippen LogP contribution in [0.4, 0.5) is 0 Å². The number of halogens is 1. The summed E-state index contributed by atoms with van der Waals surface area (Å²) in [5.74, 6) is 1.28. The van der Waals surface area contributed by atoms with Gasteiger partial charge in [-0.1, -0.05) is 6.07 Å². The van der Waals surface area contributed by atoms with E-state index in [4.69, 9.17) is 9.15 Å². The van der Waals surface area contributed by atoms with Gasteiger partial charge >= 0.3 is 0 Å². The third-order valence-corrected chi connectivity index (χ3v) is 3.53. The predicted octanol–water partition coefficient (Wildman–Crippen LogP) is 4.17. The fourth-order valence-corrected chi connectivity index (χ4v) is 2.24. The molecule has 100 valence electrons. The van der Waals surface area contributed by atoms with Crippen LogP contribution < -0.4 is 4.74 Å². The van der Waals surface area contributed by atoms with E-state index in [0.29, 0.717) is 11.6 Å². The Labute approximate surface area is 124 Å². The highest BCUT2D eigenvalue weighted by Gasteiger charge is 2.12. The Kier molecular flexibility index (Phi) is 3.52. The summed E-state index contributed by atoms with van der Waals surface area (Å²) < 4.78 is 11.7. The van der Waals surface area contributed by atoms with Gasteiger partial charge in [-0.3, -0.25) is 4.98 Å². The van der Waals surface area contributed by atoms with Crippen LogP contribution >= 0.6 is 15.9 Å². The molecule has 0 fully saturated rings. The van der Waals surface area contributed by atoms with Crippen LogP contribution in [0.25, 0.3) is 22.8 Å². The number of nitrogens with zero attached hydrogens (tertiary/aromatic N) is 2. The van der Waals surface area contributed by atoms with Gasteiger partial charge in [0.05, 0.1) is 18.4 Å². The first-order valence-corrected chi connectivity index (χ1v) is 6.78. The first kappa shape index (κ1) is 12.9. The molecule has 0 aliphatic carbocycles. The highest BCUT2D eigenvalue weighted by Crippen LogP contribution is 2.32. The summed E-state index contributed by atoms with van der Waals surface area (Å²) in [5.41, 5.74) is 2.32. The zero-order chi connectivity index (χ0) is 13.9. The molecule has 2 heterocycles. The number of pyridine rings is 1. The van der Waals surface area contributed by atoms with E-state index in [2.05, 4.69) is 25.9 Å². The van der Waals surface area contributed by atoms with E-state index < -0.39 is 0 Å². The lowest BCUT2D eigenvalue weighted by molar-refractivity contribution is 0.414. The summed E-state index contributed by atoms with van der Waals surface area (Å²) in [4.78, 5) is 8.73. The standard InChI is InChI=1S/C15H11BrN2O2/c1-19-10-5-6-12(16)11(8-10)15-18-14(9-20-15)13-4-2-3-7-17-13/h2-9H,1H3. The summed E-state index contributed by atoms with van der Waals surface area (Å²) in [6.07, 6.45) is 3.33. The van der Waals surface area contributed by atoms with Crippen LogP contribution in [0.1, 0.15) is 0 Å². The maximum atomic E-state index is 5.55. The second-order valence-electron chi connectivity index (χ2n) is 4.10. The monoisotopic (exact) mass is 330 g/mol. The van der Waals surface area contributed by atoms with Crippen molar-refractivity contribution < 1.29 is 9.15 Å². The van der Waals surface area contributed by atoms with Gasteiger partial charge in [0, 0.05) is 10.7 Å². The summed E-state index contributed by atoms with van der Waals surface area (Å²) >= 11 is 3.49. The molecule has 0 atom stereocenters. The number of ether oxygens (including phenoxy) is 1. The minimum atomic E-state index is 0.524. The van der Waals surface area contributed by atoms with E-state index in [1.54, 1.807) is 19.6 Å². The Bertz CT molecular complexity index is 726. The van der Waals surface area contributed by atoms with Crippen molar-refractivity contribution in [1.29, 1.82) is 0 Å². The van der Waals surface area contributed by atoms with Gasteiger partial charge in [0.25, 0.3) is 0 Å². The van der Waals surface area contributed by atoms with Crippen molar-refractivity contribution in [3.05, 3.63) is 53.3 Å². The van der Waals surface area contributed by atoms with Crippen LogP contribution in [0, 0.1) is 0 Å². The largest absolute Gasteiger partial charge is 0.497 e. The number of aromatic nitrogens is 2. The predicted molar refractivity (Wildman–Crippen MR) is 79.4 cm³/mol. The lowest BCUT2D eigenvalue weighted by Crippen LogP contribution is -1.86. The van der Waals surface area contributed by atoms with Crippen molar-refractivity contribution in [1.82, 2.24) is 9.97 Å². The maximum Gasteiger partial charge on any atom is 0.227 e. The van der Waals surface area contributed by atoms with Crippen molar-refractivity contribution in [3.63, 3.8) is 0 Å². The molecule has 0 amide bonds. The van der Waals surface area contributed by atoms with E-state index in [1.807, 2.05) is 36.4 Å². The molecule has 0 aliphatic heterocycles. The SMILES string of the molecule is COc1ccc(Br)c(-c2nc(-c3ccccn3)co2)c1. The molecule has 0 unspecified atom stereocenters. The smallest absolute Gasteiger partial charge is 0.227 e. The molecule has 0 spiro atoms. The molecule has 0 saturated carbocycles. The molecule has 4 nitrogen and oxygen atoms in total. The van der Waals surface area contributed by atoms with Crippen LogP contribution in [0.2, 0.25) is 0 Å². The van der Waals surface area contributed by atoms with Gasteiger partial charge in [0.1, 0.15) is 17.7 Å². The van der Waals surface area contributed by atoms with Gasteiger partial charge in [0.2, 0.25) is 5.89 Å². The normalized spacial score (nSPS) is 10.5. The molecule has 1 aromatic carbocycles. The van der Waals surface area contributed by atoms with Crippen LogP contribution in [0.15, 0.2) is 57.7 Å². The maximum absolute atomic E-state index is 5.55. The summed E-state index contributed by atoms with van der Waals surface area (Å²) in [7, 11) is 1.63. The van der Waals surface area contributed by atoms with E-state index in [-0.39, 0.29) is 0 Å². The number of hydrogen-bond acceptors (Lipinski definition) is 4. The molecule has 20 heavy (non-hydrogen) atoms. The quantitative estimate of drug-likeness (QED) is 0.723. The molecular formula is C15H11BrN2O2. The van der Waals surface area contributed by atoms with Crippen molar-refractivity contribution in [3.8, 4) is 28.6 Å². The zero-order valence-corrected chi connectivity index (χ0v) is 12.3. The van der Waals surface area contributed by atoms with Gasteiger partial charge in [0.15, 0.2) is 0 Å². The lowest BCUT2D eigenvalue weighted by Gasteiger charge is -2.03. The number of hydrogen-bond donors (Lipinski definition) is 0. The number of rotatable bonds is 3. The summed E-state index contributed by atoms with van der Waals surface area (Å²) in [5, 5.41) is 0. The highest BCUT2D eigenvalue weighted by atomic mass is 79.9. The third-order valence-electron chi connectivity index (χ3n) is 2.84. The molecule has 0 radical (unpaired) electrons. The fourth-order valence-electron chi connectivity index (χ4n) is 1.82. The summed E-state index contributed by atoms with van der Waals surface area (Å²) in [6, 6.07) is 11.3. The van der Waals surface area contributed by atoms with E-state index >= 15 is 0 Å². The minimum Gasteiger partial charge on any atom is -0.497 e. The van der Waals surface area contributed by atoms with Gasteiger partial charge in [-0.25, -0.2) is 4.98 Å². The van der Waals surface area contributed by atoms with E-state index in [1.165, 1.54) is 0 Å². The molecule has 2 aromatic heterocycles. The van der Waals surface area contributed by atoms with Gasteiger partial charge in [-0.05, 0) is 46.3 Å². The molecule has 0 bridgehead atoms. The van der Waals surface area contributed by atoms with E-state index in [9.17, 15) is 0 Å². The average Bonchev–Trinajstić information content (AvgIpc) is 2.98. The molecule has 5 heteroatoms. The first-order chi connectivity index (χ1) is 9.78. The van der Waals surface area contributed by atoms with Gasteiger partial charge in [-0.2, -0.15) is 0 Å². The minimum absolute atomic E-state index is 0.524. The number of oxazole rings is 1. The molecule has 0 saturated heterocycles. The highest BCUT2D eigenvalue weighted by molar-refractivity contribution is 9.10. The Hall–Kier alpha value is -2.14. The fraction of sp³-hybridized carbons (Fsp3) is 0.0667. The lowest BCUT2D eigenvalue weighted by atomic mass is 10.2. The van der Waals surface area contributed by atoms with E-state index in [0.717, 1.165) is 21.5 Å². The topological polar surface area (TPSA) is 48.2 Å². The van der Waals surface area contributed by atoms with Crippen molar-refractivity contribution in [2.24, 2.45) is 0 Å². The number of methoxy groups -OCH3 is 1. The second kappa shape index (κ2) is 5.46. The molecule has 0 aliphatic rings. The van der Waals surface area contributed by atoms with Crippen LogP contribution in [-0.2, 0) is 0 Å². The Morgan fingerprint density at radius 2 is 2.05 bits per heavy atom. The molecule has 3 aromatic rings. The van der Waals surface area contributed by atoms with Crippen molar-refractivity contribution >= 4 is 15.9 Å². The Morgan fingerprint density at radius 3 is 2.80 bits per heavy atom. The molecule has 3 rings (SSSR count). The average molecular weight is 331 g/mol. The van der Waals surface area contributed by atoms with Crippen LogP contribution in [0.5, 0.6) is 5.75 Å². The Balaban J connectivity index is 2.02. The number of benzene rings is 1. The Morgan fingerprint density at radius 1 is 1.15 bits per heavy atom.